The van der Waals surface area contributed by atoms with E-state index < -0.39 is 0 Å². The van der Waals surface area contributed by atoms with Crippen LogP contribution < -0.4 is 0 Å². The number of aromatic nitrogens is 1. The fourth-order valence-electron chi connectivity index (χ4n) is 3.83. The highest BCUT2D eigenvalue weighted by Crippen LogP contribution is 2.45. The van der Waals surface area contributed by atoms with Gasteiger partial charge in [0.25, 0.3) is 5.91 Å². The van der Waals surface area contributed by atoms with Gasteiger partial charge in [-0.15, -0.1) is 0 Å². The molecule has 1 aliphatic carbocycles. The minimum atomic E-state index is -0.00892. The second-order valence-corrected chi connectivity index (χ2v) is 7.10. The molecule has 1 saturated carbocycles. The molecule has 0 saturated heterocycles. The summed E-state index contributed by atoms with van der Waals surface area (Å²) in [6, 6.07) is 8.16. The lowest BCUT2D eigenvalue weighted by atomic mass is 9.63. The third kappa shape index (κ3) is 2.45. The molecule has 23 heavy (non-hydrogen) atoms. The Labute approximate surface area is 138 Å². The Balaban J connectivity index is 1.86. The summed E-state index contributed by atoms with van der Waals surface area (Å²) in [5, 5.41) is 1.02. The van der Waals surface area contributed by atoms with Gasteiger partial charge in [0.1, 0.15) is 0 Å². The third-order valence-electron chi connectivity index (χ3n) is 5.44. The maximum Gasteiger partial charge on any atom is 0.254 e. The van der Waals surface area contributed by atoms with E-state index in [1.54, 1.807) is 0 Å². The average Bonchev–Trinajstić information content (AvgIpc) is 2.91. The summed E-state index contributed by atoms with van der Waals surface area (Å²) in [6.07, 6.45) is 3.15. The highest BCUT2D eigenvalue weighted by atomic mass is 16.5. The lowest BCUT2D eigenvalue weighted by Gasteiger charge is -2.54. The third-order valence-corrected chi connectivity index (χ3v) is 5.44. The summed E-state index contributed by atoms with van der Waals surface area (Å²) in [5.41, 5.74) is 1.86. The van der Waals surface area contributed by atoms with Gasteiger partial charge in [-0.25, -0.2) is 0 Å². The first kappa shape index (κ1) is 16.1. The van der Waals surface area contributed by atoms with E-state index in [1.807, 2.05) is 60.9 Å². The summed E-state index contributed by atoms with van der Waals surface area (Å²) in [5.74, 6) is 0.0924. The van der Waals surface area contributed by atoms with Crippen molar-refractivity contribution < 1.29 is 9.53 Å². The molecule has 1 fully saturated rings. The van der Waals surface area contributed by atoms with Crippen LogP contribution in [0.4, 0.5) is 0 Å². The van der Waals surface area contributed by atoms with E-state index in [-0.39, 0.29) is 23.5 Å². The molecule has 1 aliphatic rings. The van der Waals surface area contributed by atoms with Crippen molar-refractivity contribution in [2.24, 2.45) is 12.5 Å². The predicted octanol–water partition coefficient (Wildman–Crippen LogP) is 3.45. The molecule has 0 aliphatic heterocycles. The lowest BCUT2D eigenvalue weighted by Crippen LogP contribution is -2.62. The van der Waals surface area contributed by atoms with Crippen molar-refractivity contribution >= 4 is 16.8 Å². The molecule has 1 heterocycles. The van der Waals surface area contributed by atoms with Crippen LogP contribution in [0.2, 0.25) is 0 Å². The maximum absolute atomic E-state index is 13.0. The number of carbonyl (C=O) groups excluding carboxylic acids is 1. The first-order valence-corrected chi connectivity index (χ1v) is 8.30. The number of benzene rings is 1. The van der Waals surface area contributed by atoms with Crippen LogP contribution in [0.3, 0.4) is 0 Å². The lowest BCUT2D eigenvalue weighted by molar-refractivity contribution is -0.136. The van der Waals surface area contributed by atoms with E-state index in [1.165, 1.54) is 0 Å². The number of hydrogen-bond acceptors (Lipinski definition) is 2. The minimum Gasteiger partial charge on any atom is -0.378 e. The highest BCUT2D eigenvalue weighted by Gasteiger charge is 2.51. The predicted molar refractivity (Wildman–Crippen MR) is 92.6 cm³/mol. The van der Waals surface area contributed by atoms with Gasteiger partial charge in [-0.1, -0.05) is 19.9 Å². The number of ether oxygens (including phenoxy) is 1. The van der Waals surface area contributed by atoms with E-state index in [0.717, 1.165) is 29.5 Å². The first-order valence-electron chi connectivity index (χ1n) is 8.30. The zero-order valence-electron chi connectivity index (χ0n) is 14.7. The van der Waals surface area contributed by atoms with Crippen molar-refractivity contribution in [1.29, 1.82) is 0 Å². The fourth-order valence-corrected chi connectivity index (χ4v) is 3.83. The van der Waals surface area contributed by atoms with Crippen LogP contribution >= 0.6 is 0 Å². The van der Waals surface area contributed by atoms with Crippen LogP contribution in [0.1, 0.15) is 37.6 Å². The largest absolute Gasteiger partial charge is 0.378 e. The van der Waals surface area contributed by atoms with Gasteiger partial charge in [0.2, 0.25) is 0 Å². The van der Waals surface area contributed by atoms with Gasteiger partial charge < -0.3 is 14.2 Å². The van der Waals surface area contributed by atoms with E-state index in [9.17, 15) is 4.79 Å². The highest BCUT2D eigenvalue weighted by molar-refractivity contribution is 6.06. The van der Waals surface area contributed by atoms with Crippen LogP contribution in [0.15, 0.2) is 30.5 Å². The molecule has 4 nitrogen and oxygen atoms in total. The van der Waals surface area contributed by atoms with E-state index >= 15 is 0 Å². The number of hydrogen-bond donors (Lipinski definition) is 0. The van der Waals surface area contributed by atoms with Crippen LogP contribution in [0.25, 0.3) is 10.9 Å². The molecule has 2 atom stereocenters. The summed E-state index contributed by atoms with van der Waals surface area (Å²) in [6.45, 7) is 7.12. The number of nitrogens with zero attached hydrogens (tertiary/aromatic N) is 2. The molecule has 3 rings (SSSR count). The molecular formula is C19H26N2O2. The Bertz CT molecular complexity index is 732. The summed E-state index contributed by atoms with van der Waals surface area (Å²) >= 11 is 0. The van der Waals surface area contributed by atoms with Crippen LogP contribution in [-0.4, -0.2) is 41.2 Å². The maximum atomic E-state index is 13.0. The summed E-state index contributed by atoms with van der Waals surface area (Å²) in [4.78, 5) is 14.9. The zero-order chi connectivity index (χ0) is 16.8. The second kappa shape index (κ2) is 5.68. The average molecular weight is 314 g/mol. The molecule has 1 amide bonds. The number of rotatable bonds is 4. The Morgan fingerprint density at radius 1 is 1.39 bits per heavy atom. The van der Waals surface area contributed by atoms with Crippen molar-refractivity contribution in [1.82, 2.24) is 9.47 Å². The molecule has 1 aromatic heterocycles. The Morgan fingerprint density at radius 2 is 2.13 bits per heavy atom. The number of fused-ring (bicyclic) bond motifs is 1. The monoisotopic (exact) mass is 314 g/mol. The Morgan fingerprint density at radius 3 is 2.78 bits per heavy atom. The molecule has 0 bridgehead atoms. The molecule has 124 valence electrons. The Hall–Kier alpha value is -1.81. The molecule has 0 N–H and O–H groups in total. The molecule has 2 aromatic rings. The molecule has 0 unspecified atom stereocenters. The van der Waals surface area contributed by atoms with Crippen molar-refractivity contribution in [3.63, 3.8) is 0 Å². The molecule has 0 spiro atoms. The van der Waals surface area contributed by atoms with Gasteiger partial charge in [-0.2, -0.15) is 0 Å². The Kier molecular flexibility index (Phi) is 3.96. The topological polar surface area (TPSA) is 34.5 Å². The van der Waals surface area contributed by atoms with Gasteiger partial charge in [0.15, 0.2) is 0 Å². The van der Waals surface area contributed by atoms with Crippen LogP contribution in [-0.2, 0) is 11.8 Å². The fraction of sp³-hybridized carbons (Fsp3) is 0.526. The van der Waals surface area contributed by atoms with Crippen LogP contribution in [0, 0.1) is 5.41 Å². The number of carbonyl (C=O) groups is 1. The van der Waals surface area contributed by atoms with Crippen LogP contribution in [0.5, 0.6) is 0 Å². The summed E-state index contributed by atoms with van der Waals surface area (Å²) in [7, 11) is 3.92. The molecular weight excluding hydrogens is 288 g/mol. The zero-order valence-corrected chi connectivity index (χ0v) is 14.7. The SMILES string of the molecule is CCO[C@@H]1C[C@@H](N(C)C(=O)c2cccc3c2ccn3C)C1(C)C. The number of aryl methyl sites for hydroxylation is 1. The quantitative estimate of drug-likeness (QED) is 0.866. The van der Waals surface area contributed by atoms with Gasteiger partial charge >= 0.3 is 0 Å². The van der Waals surface area contributed by atoms with Crippen molar-refractivity contribution in [2.75, 3.05) is 13.7 Å². The second-order valence-electron chi connectivity index (χ2n) is 7.10. The summed E-state index contributed by atoms with van der Waals surface area (Å²) < 4.78 is 7.84. The standard InChI is InChI=1S/C19H26N2O2/c1-6-23-17-12-16(19(17,2)3)21(5)18(22)14-8-7-9-15-13(14)10-11-20(15)4/h7-11,16-17H,6,12H2,1-5H3/t16-,17-/m1/s1. The molecule has 0 radical (unpaired) electrons. The number of amides is 1. The van der Waals surface area contributed by atoms with Crippen molar-refractivity contribution in [3.05, 3.63) is 36.0 Å². The first-order chi connectivity index (χ1) is 10.9. The van der Waals surface area contributed by atoms with E-state index in [0.29, 0.717) is 0 Å². The van der Waals surface area contributed by atoms with Crippen molar-refractivity contribution in [2.45, 2.75) is 39.3 Å². The van der Waals surface area contributed by atoms with E-state index in [2.05, 4.69) is 13.8 Å². The minimum absolute atomic E-state index is 0.00892. The van der Waals surface area contributed by atoms with Gasteiger partial charge in [-0.3, -0.25) is 4.79 Å². The van der Waals surface area contributed by atoms with Gasteiger partial charge in [0, 0.05) is 54.8 Å². The normalized spacial score (nSPS) is 22.8. The molecule has 4 heteroatoms. The smallest absolute Gasteiger partial charge is 0.254 e. The van der Waals surface area contributed by atoms with Gasteiger partial charge in [0.05, 0.1) is 6.10 Å². The van der Waals surface area contributed by atoms with Crippen molar-refractivity contribution in [3.8, 4) is 0 Å². The van der Waals surface area contributed by atoms with Gasteiger partial charge in [-0.05, 0) is 31.5 Å². The molecule has 1 aromatic carbocycles. The van der Waals surface area contributed by atoms with E-state index in [4.69, 9.17) is 4.74 Å².